The van der Waals surface area contributed by atoms with E-state index in [1.165, 1.54) is 49.2 Å². The van der Waals surface area contributed by atoms with E-state index >= 15 is 0 Å². The fourth-order valence-electron chi connectivity index (χ4n) is 2.24. The number of hydrogen-bond donors (Lipinski definition) is 1. The predicted octanol–water partition coefficient (Wildman–Crippen LogP) is 5.12. The fourth-order valence-corrected chi connectivity index (χ4v) is 3.27. The van der Waals surface area contributed by atoms with Gasteiger partial charge in [-0.1, -0.05) is 64.2 Å². The zero-order valence-electron chi connectivity index (χ0n) is 12.5. The van der Waals surface area contributed by atoms with Crippen LogP contribution in [0.2, 0.25) is 0 Å². The van der Waals surface area contributed by atoms with E-state index in [0.717, 1.165) is 6.54 Å². The highest BCUT2D eigenvalue weighted by atomic mass is 32.2. The van der Waals surface area contributed by atoms with Gasteiger partial charge in [0.2, 0.25) is 0 Å². The topological polar surface area (TPSA) is 12.0 Å². The van der Waals surface area contributed by atoms with Crippen LogP contribution in [-0.2, 0) is 0 Å². The molecule has 0 amide bonds. The lowest BCUT2D eigenvalue weighted by atomic mass is 10.1. The lowest BCUT2D eigenvalue weighted by Crippen LogP contribution is -2.31. The van der Waals surface area contributed by atoms with E-state index in [0.29, 0.717) is 6.04 Å². The van der Waals surface area contributed by atoms with Gasteiger partial charge in [-0.15, -0.1) is 11.8 Å². The van der Waals surface area contributed by atoms with Crippen molar-refractivity contribution in [2.24, 2.45) is 0 Å². The van der Waals surface area contributed by atoms with Gasteiger partial charge in [0.1, 0.15) is 0 Å². The first-order valence-electron chi connectivity index (χ1n) is 7.78. The number of nitrogens with one attached hydrogen (secondary N) is 1. The molecule has 0 aliphatic rings. The van der Waals surface area contributed by atoms with E-state index in [-0.39, 0.29) is 0 Å². The molecule has 0 fully saturated rings. The molecule has 1 unspecified atom stereocenters. The van der Waals surface area contributed by atoms with Gasteiger partial charge in [-0.05, 0) is 25.1 Å². The Balaban J connectivity index is 2.20. The van der Waals surface area contributed by atoms with Crippen LogP contribution in [0.3, 0.4) is 0 Å². The molecule has 1 N–H and O–H groups in total. The lowest BCUT2D eigenvalue weighted by molar-refractivity contribution is 0.496. The van der Waals surface area contributed by atoms with Crippen molar-refractivity contribution in [3.8, 4) is 0 Å². The van der Waals surface area contributed by atoms with Gasteiger partial charge in [-0.2, -0.15) is 0 Å². The average molecular weight is 279 g/mol. The van der Waals surface area contributed by atoms with Gasteiger partial charge in [0.15, 0.2) is 0 Å². The first-order valence-corrected chi connectivity index (χ1v) is 8.76. The van der Waals surface area contributed by atoms with Crippen LogP contribution in [0.1, 0.15) is 52.4 Å². The third kappa shape index (κ3) is 8.33. The van der Waals surface area contributed by atoms with Crippen LogP contribution >= 0.6 is 11.8 Å². The Labute approximate surface area is 123 Å². The second-order valence-corrected chi connectivity index (χ2v) is 6.17. The summed E-state index contributed by atoms with van der Waals surface area (Å²) in [6.45, 7) is 5.56. The smallest absolute Gasteiger partial charge is 0.0161 e. The van der Waals surface area contributed by atoms with Crippen molar-refractivity contribution in [1.29, 1.82) is 0 Å². The van der Waals surface area contributed by atoms with Crippen LogP contribution in [0.5, 0.6) is 0 Å². The standard InChI is InChI=1S/C17H29NS/c1-3-5-6-7-9-12-16(18-4-2)15-19-17-13-10-8-11-14-17/h8,10-11,13-14,16,18H,3-7,9,12,15H2,1-2H3. The molecular weight excluding hydrogens is 250 g/mol. The molecule has 1 nitrogen and oxygen atoms in total. The predicted molar refractivity (Wildman–Crippen MR) is 88.0 cm³/mol. The third-order valence-electron chi connectivity index (χ3n) is 3.34. The molecule has 1 aromatic carbocycles. The quantitative estimate of drug-likeness (QED) is 0.446. The summed E-state index contributed by atoms with van der Waals surface area (Å²) in [6, 6.07) is 11.4. The van der Waals surface area contributed by atoms with Crippen molar-refractivity contribution in [2.75, 3.05) is 12.3 Å². The minimum atomic E-state index is 0.664. The van der Waals surface area contributed by atoms with Gasteiger partial charge < -0.3 is 5.32 Å². The van der Waals surface area contributed by atoms with Crippen molar-refractivity contribution >= 4 is 11.8 Å². The van der Waals surface area contributed by atoms with E-state index in [1.807, 2.05) is 11.8 Å². The molecule has 1 rings (SSSR count). The van der Waals surface area contributed by atoms with Crippen LogP contribution in [-0.4, -0.2) is 18.3 Å². The summed E-state index contributed by atoms with van der Waals surface area (Å²) in [5.74, 6) is 1.19. The van der Waals surface area contributed by atoms with E-state index in [9.17, 15) is 0 Å². The molecule has 19 heavy (non-hydrogen) atoms. The first-order chi connectivity index (χ1) is 9.36. The number of hydrogen-bond acceptors (Lipinski definition) is 2. The minimum Gasteiger partial charge on any atom is -0.313 e. The van der Waals surface area contributed by atoms with Crippen LogP contribution in [0.4, 0.5) is 0 Å². The number of rotatable bonds is 11. The zero-order valence-corrected chi connectivity index (χ0v) is 13.3. The monoisotopic (exact) mass is 279 g/mol. The molecule has 0 aliphatic heterocycles. The first kappa shape index (κ1) is 16.6. The number of benzene rings is 1. The van der Waals surface area contributed by atoms with E-state index in [4.69, 9.17) is 0 Å². The highest BCUT2D eigenvalue weighted by Crippen LogP contribution is 2.19. The normalized spacial score (nSPS) is 12.5. The summed E-state index contributed by atoms with van der Waals surface area (Å²) in [7, 11) is 0. The van der Waals surface area contributed by atoms with Gasteiger partial charge in [0.25, 0.3) is 0 Å². The number of unbranched alkanes of at least 4 members (excludes halogenated alkanes) is 4. The van der Waals surface area contributed by atoms with Crippen molar-refractivity contribution in [3.05, 3.63) is 30.3 Å². The molecule has 0 bridgehead atoms. The molecule has 2 heteroatoms. The Kier molecular flexibility index (Phi) is 9.92. The maximum absolute atomic E-state index is 3.62. The van der Waals surface area contributed by atoms with Gasteiger partial charge >= 0.3 is 0 Å². The Morgan fingerprint density at radius 1 is 1.00 bits per heavy atom. The molecule has 0 aliphatic carbocycles. The summed E-state index contributed by atoms with van der Waals surface area (Å²) in [6.07, 6.45) is 8.21. The second-order valence-electron chi connectivity index (χ2n) is 5.08. The number of thioether (sulfide) groups is 1. The van der Waals surface area contributed by atoms with Gasteiger partial charge in [0, 0.05) is 16.7 Å². The van der Waals surface area contributed by atoms with Crippen molar-refractivity contribution < 1.29 is 0 Å². The van der Waals surface area contributed by atoms with E-state index < -0.39 is 0 Å². The van der Waals surface area contributed by atoms with Gasteiger partial charge in [-0.25, -0.2) is 0 Å². The van der Waals surface area contributed by atoms with Gasteiger partial charge in [0.05, 0.1) is 0 Å². The molecule has 0 saturated heterocycles. The summed E-state index contributed by atoms with van der Waals surface area (Å²) in [4.78, 5) is 1.39. The molecule has 0 heterocycles. The van der Waals surface area contributed by atoms with Gasteiger partial charge in [-0.3, -0.25) is 0 Å². The molecule has 0 saturated carbocycles. The van der Waals surface area contributed by atoms with Crippen LogP contribution < -0.4 is 5.32 Å². The Bertz CT molecular complexity index is 299. The molecule has 1 aromatic rings. The summed E-state index contributed by atoms with van der Waals surface area (Å²) >= 11 is 1.97. The Hall–Kier alpha value is -0.470. The fraction of sp³-hybridized carbons (Fsp3) is 0.647. The highest BCUT2D eigenvalue weighted by molar-refractivity contribution is 7.99. The van der Waals surface area contributed by atoms with Crippen molar-refractivity contribution in [1.82, 2.24) is 5.32 Å². The summed E-state index contributed by atoms with van der Waals surface area (Å²) < 4.78 is 0. The lowest BCUT2D eigenvalue weighted by Gasteiger charge is -2.17. The summed E-state index contributed by atoms with van der Waals surface area (Å²) in [5.41, 5.74) is 0. The Morgan fingerprint density at radius 2 is 1.74 bits per heavy atom. The van der Waals surface area contributed by atoms with Crippen LogP contribution in [0, 0.1) is 0 Å². The Morgan fingerprint density at radius 3 is 2.42 bits per heavy atom. The molecular formula is C17H29NS. The second kappa shape index (κ2) is 11.4. The molecule has 0 radical (unpaired) electrons. The largest absolute Gasteiger partial charge is 0.313 e. The average Bonchev–Trinajstić information content (AvgIpc) is 2.45. The maximum Gasteiger partial charge on any atom is 0.0161 e. The molecule has 0 aromatic heterocycles. The molecule has 1 atom stereocenters. The van der Waals surface area contributed by atoms with E-state index in [1.54, 1.807) is 0 Å². The van der Waals surface area contributed by atoms with Crippen LogP contribution in [0.15, 0.2) is 35.2 Å². The molecule has 0 spiro atoms. The van der Waals surface area contributed by atoms with E-state index in [2.05, 4.69) is 49.5 Å². The highest BCUT2D eigenvalue weighted by Gasteiger charge is 2.07. The maximum atomic E-state index is 3.62. The SMILES string of the molecule is CCCCCCCC(CSc1ccccc1)NCC. The minimum absolute atomic E-state index is 0.664. The van der Waals surface area contributed by atoms with Crippen molar-refractivity contribution in [3.63, 3.8) is 0 Å². The third-order valence-corrected chi connectivity index (χ3v) is 4.52. The summed E-state index contributed by atoms with van der Waals surface area (Å²) in [5, 5.41) is 3.62. The zero-order chi connectivity index (χ0) is 13.8. The molecule has 108 valence electrons. The van der Waals surface area contributed by atoms with Crippen LogP contribution in [0.25, 0.3) is 0 Å². The van der Waals surface area contributed by atoms with Crippen molar-refractivity contribution in [2.45, 2.75) is 63.3 Å².